The van der Waals surface area contributed by atoms with Gasteiger partial charge in [0.15, 0.2) is 0 Å². The van der Waals surface area contributed by atoms with Gasteiger partial charge in [0.25, 0.3) is 0 Å². The Balaban J connectivity index is 1.79. The van der Waals surface area contributed by atoms with Crippen molar-refractivity contribution in [2.45, 2.75) is 38.5 Å². The third-order valence-corrected chi connectivity index (χ3v) is 2.84. The first kappa shape index (κ1) is 8.67. The molecule has 13 heavy (non-hydrogen) atoms. The van der Waals surface area contributed by atoms with Crippen LogP contribution in [0.1, 0.15) is 38.5 Å². The summed E-state index contributed by atoms with van der Waals surface area (Å²) in [6.45, 7) is 0. The highest BCUT2D eigenvalue weighted by atomic mass is 16.5. The van der Waals surface area contributed by atoms with Crippen LogP contribution in [0, 0.1) is 5.92 Å². The van der Waals surface area contributed by atoms with Gasteiger partial charge in [-0.15, -0.1) is 0 Å². The van der Waals surface area contributed by atoms with E-state index in [0.717, 1.165) is 18.1 Å². The van der Waals surface area contributed by atoms with Crippen molar-refractivity contribution in [3.63, 3.8) is 0 Å². The molecule has 1 aliphatic heterocycles. The number of hydrogen-bond donors (Lipinski definition) is 1. The average molecular weight is 179 g/mol. The highest BCUT2D eigenvalue weighted by molar-refractivity contribution is 5.01. The van der Waals surface area contributed by atoms with Gasteiger partial charge in [-0.1, -0.05) is 32.1 Å². The van der Waals surface area contributed by atoms with Gasteiger partial charge >= 0.3 is 0 Å². The summed E-state index contributed by atoms with van der Waals surface area (Å²) in [6.07, 6.45) is 13.6. The molecule has 0 aromatic rings. The minimum Gasteiger partial charge on any atom is -0.466 e. The number of ether oxygens (including phenoxy) is 1. The Labute approximate surface area is 79.7 Å². The van der Waals surface area contributed by atoms with Crippen LogP contribution in [0.5, 0.6) is 0 Å². The van der Waals surface area contributed by atoms with Crippen molar-refractivity contribution in [3.05, 3.63) is 24.4 Å². The molecule has 0 saturated heterocycles. The number of nitrogens with one attached hydrogen (secondary N) is 1. The van der Waals surface area contributed by atoms with Gasteiger partial charge in [-0.3, -0.25) is 0 Å². The third-order valence-electron chi connectivity index (χ3n) is 2.84. The summed E-state index contributed by atoms with van der Waals surface area (Å²) >= 11 is 0. The summed E-state index contributed by atoms with van der Waals surface area (Å²) < 4.78 is 5.40. The van der Waals surface area contributed by atoms with E-state index in [4.69, 9.17) is 4.74 Å². The number of hydrogen-bond acceptors (Lipinski definition) is 2. The molecule has 1 fully saturated rings. The molecule has 0 bridgehead atoms. The topological polar surface area (TPSA) is 21.3 Å². The maximum Gasteiger partial charge on any atom is 0.119 e. The van der Waals surface area contributed by atoms with E-state index in [9.17, 15) is 0 Å². The second kappa shape index (κ2) is 4.35. The van der Waals surface area contributed by atoms with Gasteiger partial charge in [-0.2, -0.15) is 0 Å². The molecule has 1 saturated carbocycles. The van der Waals surface area contributed by atoms with Gasteiger partial charge in [0, 0.05) is 18.8 Å². The molecule has 2 aliphatic rings. The Morgan fingerprint density at radius 3 is 2.85 bits per heavy atom. The van der Waals surface area contributed by atoms with Crippen LogP contribution in [-0.4, -0.2) is 0 Å². The van der Waals surface area contributed by atoms with Crippen LogP contribution in [0.2, 0.25) is 0 Å². The van der Waals surface area contributed by atoms with Gasteiger partial charge in [-0.05, 0) is 5.92 Å². The Bertz CT molecular complexity index is 214. The lowest BCUT2D eigenvalue weighted by molar-refractivity contribution is 0.267. The van der Waals surface area contributed by atoms with E-state index < -0.39 is 0 Å². The summed E-state index contributed by atoms with van der Waals surface area (Å²) in [5.41, 5.74) is 0. The molecule has 72 valence electrons. The van der Waals surface area contributed by atoms with Crippen molar-refractivity contribution in [1.29, 1.82) is 0 Å². The molecule has 0 radical (unpaired) electrons. The van der Waals surface area contributed by atoms with Gasteiger partial charge in [-0.25, -0.2) is 0 Å². The molecular formula is C11H17NO. The molecule has 0 unspecified atom stereocenters. The molecule has 0 atom stereocenters. The van der Waals surface area contributed by atoms with Gasteiger partial charge < -0.3 is 10.1 Å². The van der Waals surface area contributed by atoms with Crippen LogP contribution < -0.4 is 5.32 Å². The number of rotatable bonds is 2. The van der Waals surface area contributed by atoms with E-state index >= 15 is 0 Å². The van der Waals surface area contributed by atoms with Crippen molar-refractivity contribution in [2.24, 2.45) is 5.92 Å². The second-order valence-corrected chi connectivity index (χ2v) is 3.91. The molecule has 0 amide bonds. The third kappa shape index (κ3) is 2.51. The molecule has 1 N–H and O–H groups in total. The molecule has 1 aliphatic carbocycles. The lowest BCUT2D eigenvalue weighted by Crippen LogP contribution is -2.11. The SMILES string of the molecule is C1=COC(CC2CCCCC2)=CN1. The zero-order valence-corrected chi connectivity index (χ0v) is 7.96. The molecule has 1 heterocycles. The molecule has 2 rings (SSSR count). The fourth-order valence-electron chi connectivity index (χ4n) is 2.12. The Morgan fingerprint density at radius 2 is 2.15 bits per heavy atom. The van der Waals surface area contributed by atoms with Crippen LogP contribution in [0.4, 0.5) is 0 Å². The zero-order valence-electron chi connectivity index (χ0n) is 7.96. The summed E-state index contributed by atoms with van der Waals surface area (Å²) in [4.78, 5) is 0. The molecule has 2 heteroatoms. The van der Waals surface area contributed by atoms with Crippen LogP contribution in [0.25, 0.3) is 0 Å². The second-order valence-electron chi connectivity index (χ2n) is 3.91. The highest BCUT2D eigenvalue weighted by Crippen LogP contribution is 2.29. The lowest BCUT2D eigenvalue weighted by atomic mass is 9.86. The van der Waals surface area contributed by atoms with Gasteiger partial charge in [0.05, 0.1) is 0 Å². The predicted molar refractivity (Wildman–Crippen MR) is 52.6 cm³/mol. The van der Waals surface area contributed by atoms with Crippen molar-refractivity contribution >= 4 is 0 Å². The molecule has 0 aromatic heterocycles. The van der Waals surface area contributed by atoms with E-state index in [1.54, 1.807) is 6.26 Å². The van der Waals surface area contributed by atoms with E-state index in [-0.39, 0.29) is 0 Å². The molecular weight excluding hydrogens is 162 g/mol. The van der Waals surface area contributed by atoms with E-state index in [2.05, 4.69) is 5.32 Å². The Kier molecular flexibility index (Phi) is 2.90. The molecule has 0 aromatic carbocycles. The van der Waals surface area contributed by atoms with E-state index in [0.29, 0.717) is 0 Å². The zero-order chi connectivity index (χ0) is 8.93. The predicted octanol–water partition coefficient (Wildman–Crippen LogP) is 2.89. The van der Waals surface area contributed by atoms with E-state index in [1.807, 2.05) is 12.4 Å². The normalized spacial score (nSPS) is 23.2. The first-order chi connectivity index (χ1) is 6.45. The quantitative estimate of drug-likeness (QED) is 0.703. The monoisotopic (exact) mass is 179 g/mol. The minimum absolute atomic E-state index is 0.855. The van der Waals surface area contributed by atoms with Crippen LogP contribution in [0.3, 0.4) is 0 Å². The van der Waals surface area contributed by atoms with Crippen molar-refractivity contribution in [2.75, 3.05) is 0 Å². The standard InChI is InChI=1S/C11H17NO/c1-2-4-10(5-3-1)8-11-9-12-6-7-13-11/h6-7,9-10,12H,1-5,8H2. The first-order valence-electron chi connectivity index (χ1n) is 5.22. The first-order valence-corrected chi connectivity index (χ1v) is 5.22. The maximum absolute atomic E-state index is 5.40. The smallest absolute Gasteiger partial charge is 0.119 e. The van der Waals surface area contributed by atoms with Crippen molar-refractivity contribution in [1.82, 2.24) is 5.32 Å². The Hall–Kier alpha value is -0.920. The average Bonchev–Trinajstić information content (AvgIpc) is 2.21. The fraction of sp³-hybridized carbons (Fsp3) is 0.636. The summed E-state index contributed by atoms with van der Waals surface area (Å²) in [7, 11) is 0. The van der Waals surface area contributed by atoms with Crippen molar-refractivity contribution < 1.29 is 4.74 Å². The number of allylic oxidation sites excluding steroid dienone is 1. The highest BCUT2D eigenvalue weighted by Gasteiger charge is 2.15. The largest absolute Gasteiger partial charge is 0.466 e. The van der Waals surface area contributed by atoms with Crippen LogP contribution >= 0.6 is 0 Å². The van der Waals surface area contributed by atoms with Gasteiger partial charge in [0.1, 0.15) is 12.0 Å². The van der Waals surface area contributed by atoms with Crippen LogP contribution in [-0.2, 0) is 4.74 Å². The lowest BCUT2D eigenvalue weighted by Gasteiger charge is -2.22. The minimum atomic E-state index is 0.855. The molecule has 2 nitrogen and oxygen atoms in total. The Morgan fingerprint density at radius 1 is 1.31 bits per heavy atom. The van der Waals surface area contributed by atoms with Crippen LogP contribution in [0.15, 0.2) is 24.4 Å². The van der Waals surface area contributed by atoms with Crippen molar-refractivity contribution in [3.8, 4) is 0 Å². The molecule has 0 spiro atoms. The van der Waals surface area contributed by atoms with Gasteiger partial charge in [0.2, 0.25) is 0 Å². The fourth-order valence-corrected chi connectivity index (χ4v) is 2.12. The summed E-state index contributed by atoms with van der Waals surface area (Å²) in [5.74, 6) is 1.95. The summed E-state index contributed by atoms with van der Waals surface area (Å²) in [6, 6.07) is 0. The maximum atomic E-state index is 5.40. The van der Waals surface area contributed by atoms with E-state index in [1.165, 1.54) is 32.1 Å². The summed E-state index contributed by atoms with van der Waals surface area (Å²) in [5, 5.41) is 3.06.